The van der Waals surface area contributed by atoms with E-state index in [0.29, 0.717) is 54.9 Å². The quantitative estimate of drug-likeness (QED) is 0.0418. The lowest BCUT2D eigenvalue weighted by molar-refractivity contribution is -0.385. The molecule has 13 heterocycles. The summed E-state index contributed by atoms with van der Waals surface area (Å²) in [6, 6.07) is 23.9. The van der Waals surface area contributed by atoms with Gasteiger partial charge in [0.1, 0.15) is 54.8 Å². The zero-order valence-electron chi connectivity index (χ0n) is 64.2. The lowest BCUT2D eigenvalue weighted by Gasteiger charge is -2.32. The van der Waals surface area contributed by atoms with Gasteiger partial charge in [-0.05, 0) is 170 Å². The van der Waals surface area contributed by atoms with Gasteiger partial charge in [0.05, 0.1) is 113 Å². The molecule has 1 aliphatic carbocycles. The molecule has 1 aliphatic heterocycles. The van der Waals surface area contributed by atoms with Crippen LogP contribution in [0.25, 0.3) is 83.6 Å². The number of carbonyl (C=O) groups is 1. The average molecular weight is 1810 g/mol. The number of fused-ring (bicyclic) bond motifs is 4. The molecule has 40 heteroatoms. The minimum absolute atomic E-state index is 0.00519. The molecule has 31 nitrogen and oxygen atoms in total. The zero-order valence-corrected chi connectivity index (χ0v) is 71.9. The van der Waals surface area contributed by atoms with Crippen LogP contribution in [0.5, 0.6) is 11.5 Å². The van der Waals surface area contributed by atoms with Crippen LogP contribution in [0, 0.1) is 33.1 Å². The van der Waals surface area contributed by atoms with Crippen molar-refractivity contribution in [1.82, 2.24) is 94.3 Å². The standard InChI is InChI=1S/C18H17ClN6O.C15H21BN4O3.C9H8BrClN2.C9H10ClN3O2.C7H4BrClN2.C7H5ClN2.C6H5ClN2O2.C4H7NO/c1-4-25-10-14(13-8-16(19)20-9-15(13)25)11-6-5-7-12(17(11)26-3)18-21-23-24(2)22-18;1-14(2)15(3,4)23-16(22-14)11-9-7-8-10(12(11)21-6)13-17-19-20(5)18-13;1-2-13-5-7(10)6-3-9(11)12-4-8(6)13;1-12(2)4-3-7-5-9(10)11-6-8(7)13(14)15;8-5-2-10-6-3-11-7(9)1-4(5)6;8-7-3-5-1-2-9-6(5)4-10-7;1-4-2-6(7)8-3-5(4)9(10)11;5-4(6)3-1-2-3/h5-10H,4H2,1-3H3;7-9H,1-6H3;3-5H,2H2,1H3;3-6H,1-2H3;1-3,10H;1-4,9H;2-3H,1H3;3H,1-2H2,(H2,5,6)/b;;;4-3+;;;;. The lowest BCUT2D eigenvalue weighted by Crippen LogP contribution is -2.41. The summed E-state index contributed by atoms with van der Waals surface area (Å²) >= 11 is 41.3. The number of methoxy groups -OCH3 is 2. The third kappa shape index (κ3) is 23.1. The molecule has 0 bridgehead atoms. The Morgan fingerprint density at radius 3 is 1.64 bits per heavy atom. The van der Waals surface area contributed by atoms with Crippen LogP contribution in [-0.4, -0.2) is 157 Å². The predicted octanol–water partition coefficient (Wildman–Crippen LogP) is 17.4. The summed E-state index contributed by atoms with van der Waals surface area (Å²) in [6.07, 6.45) is 22.6. The molecule has 16 rings (SSSR count). The molecule has 2 aromatic carbocycles. The number of pyridine rings is 6. The van der Waals surface area contributed by atoms with E-state index in [2.05, 4.69) is 132 Å². The van der Waals surface area contributed by atoms with Crippen LogP contribution in [0.4, 0.5) is 11.4 Å². The number of aromatic amines is 2. The van der Waals surface area contributed by atoms with Crippen molar-refractivity contribution in [2.75, 3.05) is 28.3 Å². The Bertz CT molecular complexity index is 5780. The molecule has 0 spiro atoms. The number of nitrogens with zero attached hydrogens (tertiary/aromatic N) is 19. The number of benzene rings is 2. The molecule has 2 aliphatic rings. The van der Waals surface area contributed by atoms with E-state index in [-0.39, 0.29) is 33.5 Å². The molecular formula is C75H77BBr2Cl6N22O9. The van der Waals surface area contributed by atoms with Crippen molar-refractivity contribution in [1.29, 1.82) is 0 Å². The van der Waals surface area contributed by atoms with Crippen LogP contribution < -0.4 is 20.7 Å². The van der Waals surface area contributed by atoms with Crippen LogP contribution in [0.15, 0.2) is 156 Å². The van der Waals surface area contributed by atoms with Gasteiger partial charge in [0.15, 0.2) is 0 Å². The normalized spacial score (nSPS) is 12.9. The maximum atomic E-state index is 10.7. The molecule has 115 heavy (non-hydrogen) atoms. The number of halogens is 8. The third-order valence-corrected chi connectivity index (χ3v) is 20.1. The Balaban J connectivity index is 0.000000156. The molecule has 1 amide bonds. The summed E-state index contributed by atoms with van der Waals surface area (Å²) < 4.78 is 29.9. The monoisotopic (exact) mass is 1810 g/mol. The first-order valence-corrected chi connectivity index (χ1v) is 38.7. The van der Waals surface area contributed by atoms with Gasteiger partial charge in [-0.25, -0.2) is 29.9 Å². The summed E-state index contributed by atoms with van der Waals surface area (Å²) in [5, 5.41) is 52.3. The maximum absolute atomic E-state index is 10.7. The minimum atomic E-state index is -0.508. The van der Waals surface area contributed by atoms with E-state index in [1.54, 1.807) is 77.2 Å². The fourth-order valence-corrected chi connectivity index (χ4v) is 13.0. The van der Waals surface area contributed by atoms with Crippen LogP contribution in [0.3, 0.4) is 0 Å². The number of nitro groups is 2. The largest absolute Gasteiger partial charge is 0.498 e. The van der Waals surface area contributed by atoms with Crippen molar-refractivity contribution < 1.29 is 33.4 Å². The van der Waals surface area contributed by atoms with Crippen LogP contribution in [-0.2, 0) is 41.3 Å². The first-order chi connectivity index (χ1) is 54.6. The number of nitrogens with one attached hydrogen (secondary N) is 2. The van der Waals surface area contributed by atoms with Crippen molar-refractivity contribution >= 4 is 181 Å². The SMILES string of the molecule is CCn1cc(-c2cccc(-c3nnn(C)n3)c2OC)c2cc(Cl)ncc21.CCn1cc(Br)c2cc(Cl)ncc21.CN(C)/C=C/c1cc(Cl)ncc1[N+](=O)[O-].COc1c(B2OC(C)(C)C(C)(C)O2)cccc1-c1nnn(C)n1.Cc1cc(Cl)ncc1[N+](=O)[O-].Clc1cc2c(Br)c[nH]c2cn1.Clc1cc2cc[nH]c2cn1.NC(=O)C1CC1. The van der Waals surface area contributed by atoms with E-state index in [4.69, 9.17) is 94.1 Å². The Morgan fingerprint density at radius 1 is 0.635 bits per heavy atom. The summed E-state index contributed by atoms with van der Waals surface area (Å²) in [5.41, 5.74) is 13.4. The number of para-hydroxylation sites is 2. The van der Waals surface area contributed by atoms with E-state index in [9.17, 15) is 25.0 Å². The number of aryl methyl sites for hydroxylation is 5. The Kier molecular flexibility index (Phi) is 30.7. The van der Waals surface area contributed by atoms with E-state index < -0.39 is 28.2 Å². The van der Waals surface area contributed by atoms with Crippen molar-refractivity contribution in [3.05, 3.63) is 218 Å². The second-order valence-electron chi connectivity index (χ2n) is 26.3. The highest BCUT2D eigenvalue weighted by atomic mass is 79.9. The second-order valence-corrected chi connectivity index (χ2v) is 30.4. The van der Waals surface area contributed by atoms with Gasteiger partial charge in [0, 0.05) is 111 Å². The van der Waals surface area contributed by atoms with E-state index in [1.165, 1.54) is 21.7 Å². The number of nitrogens with two attached hydrogens (primary N) is 1. The molecule has 14 aromatic rings. The molecule has 0 radical (unpaired) electrons. The maximum Gasteiger partial charge on any atom is 0.498 e. The number of H-pyrrole nitrogens is 2. The number of ether oxygens (including phenoxy) is 2. The average Bonchev–Trinajstić information content (AvgIpc) is 1.61. The Morgan fingerprint density at radius 2 is 1.12 bits per heavy atom. The summed E-state index contributed by atoms with van der Waals surface area (Å²) in [7, 11) is 9.86. The molecular weight excluding hydrogens is 1740 g/mol. The van der Waals surface area contributed by atoms with Gasteiger partial charge < -0.3 is 48.5 Å². The lowest BCUT2D eigenvalue weighted by atomic mass is 9.77. The number of carbonyl (C=O) groups excluding carboxylic acids is 1. The fraction of sp³-hybridized carbons (Fsp3) is 0.267. The number of hydrogen-bond acceptors (Lipinski definition) is 22. The Hall–Kier alpha value is -10.3. The Labute approximate surface area is 706 Å². The highest BCUT2D eigenvalue weighted by Gasteiger charge is 2.53. The van der Waals surface area contributed by atoms with E-state index >= 15 is 0 Å². The van der Waals surface area contributed by atoms with Crippen molar-refractivity contribution in [2.45, 2.75) is 85.6 Å². The van der Waals surface area contributed by atoms with Crippen LogP contribution in [0.1, 0.15) is 65.5 Å². The molecule has 1 saturated heterocycles. The fourth-order valence-electron chi connectivity index (χ4n) is 11.0. The summed E-state index contributed by atoms with van der Waals surface area (Å²) in [6.45, 7) is 15.7. The molecule has 0 atom stereocenters. The number of tetrazole rings is 2. The summed E-state index contributed by atoms with van der Waals surface area (Å²) in [5.74, 6) is 2.47. The highest BCUT2D eigenvalue weighted by Crippen LogP contribution is 2.43. The number of primary amides is 1. The van der Waals surface area contributed by atoms with Crippen molar-refractivity contribution in [2.24, 2.45) is 25.7 Å². The van der Waals surface area contributed by atoms with Gasteiger partial charge in [0.2, 0.25) is 17.6 Å². The second kappa shape index (κ2) is 39.9. The molecule has 0 unspecified atom stereocenters. The smallest absolute Gasteiger partial charge is 0.496 e. The van der Waals surface area contributed by atoms with E-state index in [0.717, 1.165) is 119 Å². The number of rotatable bonds is 13. The molecule has 600 valence electrons. The van der Waals surface area contributed by atoms with Gasteiger partial charge in [-0.1, -0.05) is 93.9 Å². The van der Waals surface area contributed by atoms with E-state index in [1.807, 2.05) is 127 Å². The minimum Gasteiger partial charge on any atom is -0.496 e. The third-order valence-electron chi connectivity index (χ3n) is 17.6. The summed E-state index contributed by atoms with van der Waals surface area (Å²) in [4.78, 5) is 64.0. The first kappa shape index (κ1) is 88.7. The molecule has 4 N–H and O–H groups in total. The molecule has 1 saturated carbocycles. The van der Waals surface area contributed by atoms with Gasteiger partial charge >= 0.3 is 7.12 Å². The molecule has 2 fully saturated rings. The van der Waals surface area contributed by atoms with Crippen molar-refractivity contribution in [3.63, 3.8) is 0 Å². The van der Waals surface area contributed by atoms with Crippen LogP contribution in [0.2, 0.25) is 30.9 Å². The van der Waals surface area contributed by atoms with Gasteiger partial charge in [-0.2, -0.15) is 9.59 Å². The first-order valence-electron chi connectivity index (χ1n) is 34.8. The topological polar surface area (TPSA) is 376 Å². The van der Waals surface area contributed by atoms with Gasteiger partial charge in [-0.15, -0.1) is 20.4 Å². The zero-order chi connectivity index (χ0) is 83.8. The van der Waals surface area contributed by atoms with Crippen molar-refractivity contribution in [3.8, 4) is 45.4 Å². The number of aromatic nitrogens is 18. The van der Waals surface area contributed by atoms with Gasteiger partial charge in [0.25, 0.3) is 11.4 Å². The highest BCUT2D eigenvalue weighted by molar-refractivity contribution is 9.11. The molecule has 12 aromatic heterocycles. The van der Waals surface area contributed by atoms with Crippen LogP contribution >= 0.6 is 101 Å². The predicted molar refractivity (Wildman–Crippen MR) is 456 cm³/mol. The number of hydrogen-bond donors (Lipinski definition) is 3. The van der Waals surface area contributed by atoms with Gasteiger partial charge in [-0.3, -0.25) is 25.0 Å². The number of amides is 1.